The predicted molar refractivity (Wildman–Crippen MR) is 95.7 cm³/mol. The number of hydrogen-bond donors (Lipinski definition) is 1. The fraction of sp³-hybridized carbons (Fsp3) is 0.684. The molecular weight excluding hydrogens is 377 g/mol. The fourth-order valence-electron chi connectivity index (χ4n) is 3.61. The van der Waals surface area contributed by atoms with Crippen LogP contribution in [0.15, 0.2) is 22.8 Å². The maximum atomic E-state index is 12.3. The molecule has 0 aliphatic carbocycles. The Morgan fingerprint density at radius 2 is 1.86 bits per heavy atom. The van der Waals surface area contributed by atoms with Crippen LogP contribution in [-0.2, 0) is 16.0 Å². The minimum absolute atomic E-state index is 0.289. The molecule has 3 heterocycles. The number of amides is 1. The second-order valence-electron chi connectivity index (χ2n) is 7.24. The molecule has 0 saturated carbocycles. The van der Waals surface area contributed by atoms with Gasteiger partial charge in [0, 0.05) is 32.5 Å². The SMILES string of the molecule is O=C(CCc1ccco1)N1CCCC(CN2CCCC2)C1.O=C(O)C(F)(F)F. The molecule has 0 spiro atoms. The second kappa shape index (κ2) is 10.5. The van der Waals surface area contributed by atoms with Crippen molar-refractivity contribution < 1.29 is 32.3 Å². The standard InChI is InChI=1S/C17H26N2O2.C2HF3O2/c20-17(8-7-16-6-4-12-21-16)19-11-3-5-15(14-19)13-18-9-1-2-10-18;3-2(4,5)1(6)7/h4,6,12,15H,1-3,5,7-11,13-14H2;(H,6,7). The van der Waals surface area contributed by atoms with Gasteiger partial charge in [0.05, 0.1) is 6.26 Å². The molecule has 1 amide bonds. The van der Waals surface area contributed by atoms with Gasteiger partial charge in [0.2, 0.25) is 5.91 Å². The van der Waals surface area contributed by atoms with Gasteiger partial charge >= 0.3 is 12.1 Å². The summed E-state index contributed by atoms with van der Waals surface area (Å²) >= 11 is 0. The number of furan rings is 1. The fourth-order valence-corrected chi connectivity index (χ4v) is 3.61. The third kappa shape index (κ3) is 7.53. The summed E-state index contributed by atoms with van der Waals surface area (Å²) in [6, 6.07) is 3.83. The highest BCUT2D eigenvalue weighted by Crippen LogP contribution is 2.21. The van der Waals surface area contributed by atoms with Crippen LogP contribution in [0.2, 0.25) is 0 Å². The molecule has 158 valence electrons. The van der Waals surface area contributed by atoms with Crippen LogP contribution in [0.25, 0.3) is 0 Å². The van der Waals surface area contributed by atoms with E-state index < -0.39 is 12.1 Å². The van der Waals surface area contributed by atoms with E-state index in [1.807, 2.05) is 12.1 Å². The van der Waals surface area contributed by atoms with Gasteiger partial charge in [-0.1, -0.05) is 0 Å². The Morgan fingerprint density at radius 1 is 1.18 bits per heavy atom. The van der Waals surface area contributed by atoms with Crippen molar-refractivity contribution in [1.82, 2.24) is 9.80 Å². The van der Waals surface area contributed by atoms with E-state index in [4.69, 9.17) is 14.3 Å². The Bertz CT molecular complexity index is 613. The van der Waals surface area contributed by atoms with Crippen LogP contribution in [0.3, 0.4) is 0 Å². The second-order valence-corrected chi connectivity index (χ2v) is 7.24. The molecule has 2 fully saturated rings. The number of carbonyl (C=O) groups is 2. The molecule has 1 unspecified atom stereocenters. The van der Waals surface area contributed by atoms with Crippen LogP contribution < -0.4 is 0 Å². The van der Waals surface area contributed by atoms with Gasteiger partial charge in [-0.15, -0.1) is 0 Å². The quantitative estimate of drug-likeness (QED) is 0.816. The number of carboxylic acids is 1. The van der Waals surface area contributed by atoms with Crippen molar-refractivity contribution in [3.05, 3.63) is 24.2 Å². The molecule has 0 bridgehead atoms. The number of halogens is 3. The van der Waals surface area contributed by atoms with Gasteiger partial charge < -0.3 is 19.3 Å². The van der Waals surface area contributed by atoms with Gasteiger partial charge in [-0.2, -0.15) is 13.2 Å². The lowest BCUT2D eigenvalue weighted by Crippen LogP contribution is -2.43. The number of hydrogen-bond acceptors (Lipinski definition) is 4. The number of likely N-dealkylation sites (tertiary alicyclic amines) is 2. The van der Waals surface area contributed by atoms with Crippen LogP contribution in [0.4, 0.5) is 13.2 Å². The van der Waals surface area contributed by atoms with Crippen molar-refractivity contribution in [2.45, 2.75) is 44.7 Å². The smallest absolute Gasteiger partial charge is 0.475 e. The lowest BCUT2D eigenvalue weighted by molar-refractivity contribution is -0.192. The maximum Gasteiger partial charge on any atom is 0.490 e. The highest BCUT2D eigenvalue weighted by atomic mass is 19.4. The number of aryl methyl sites for hydroxylation is 1. The number of aliphatic carboxylic acids is 1. The van der Waals surface area contributed by atoms with Crippen molar-refractivity contribution in [2.75, 3.05) is 32.7 Å². The Labute approximate surface area is 162 Å². The predicted octanol–water partition coefficient (Wildman–Crippen LogP) is 3.18. The van der Waals surface area contributed by atoms with E-state index in [0.717, 1.165) is 31.7 Å². The molecule has 1 aromatic rings. The molecule has 0 radical (unpaired) electrons. The van der Waals surface area contributed by atoms with Crippen molar-refractivity contribution in [3.8, 4) is 0 Å². The van der Waals surface area contributed by atoms with Crippen LogP contribution in [0.5, 0.6) is 0 Å². The third-order valence-electron chi connectivity index (χ3n) is 4.99. The van der Waals surface area contributed by atoms with Gasteiger partial charge in [-0.3, -0.25) is 4.79 Å². The number of piperidine rings is 1. The number of carboxylic acid groups (broad SMARTS) is 1. The summed E-state index contributed by atoms with van der Waals surface area (Å²) in [5, 5.41) is 7.12. The molecule has 9 heteroatoms. The molecule has 3 rings (SSSR count). The molecule has 28 heavy (non-hydrogen) atoms. The molecule has 2 aliphatic heterocycles. The van der Waals surface area contributed by atoms with E-state index in [0.29, 0.717) is 12.3 Å². The van der Waals surface area contributed by atoms with Crippen molar-refractivity contribution in [2.24, 2.45) is 5.92 Å². The lowest BCUT2D eigenvalue weighted by atomic mass is 9.97. The van der Waals surface area contributed by atoms with Crippen molar-refractivity contribution in [3.63, 3.8) is 0 Å². The summed E-state index contributed by atoms with van der Waals surface area (Å²) in [6.45, 7) is 5.58. The van der Waals surface area contributed by atoms with Gasteiger partial charge in [0.25, 0.3) is 0 Å². The lowest BCUT2D eigenvalue weighted by Gasteiger charge is -2.34. The van der Waals surface area contributed by atoms with E-state index in [-0.39, 0.29) is 5.91 Å². The highest BCUT2D eigenvalue weighted by Gasteiger charge is 2.38. The first kappa shape index (κ1) is 22.3. The number of nitrogens with zero attached hydrogens (tertiary/aromatic N) is 2. The molecule has 6 nitrogen and oxygen atoms in total. The Kier molecular flexibility index (Phi) is 8.35. The van der Waals surface area contributed by atoms with Crippen LogP contribution >= 0.6 is 0 Å². The number of alkyl halides is 3. The summed E-state index contributed by atoms with van der Waals surface area (Å²) in [4.78, 5) is 25.9. The minimum atomic E-state index is -5.08. The topological polar surface area (TPSA) is 74.0 Å². The van der Waals surface area contributed by atoms with Crippen molar-refractivity contribution in [1.29, 1.82) is 0 Å². The average Bonchev–Trinajstić information content (AvgIpc) is 3.33. The summed E-state index contributed by atoms with van der Waals surface area (Å²) in [5.41, 5.74) is 0. The molecule has 2 saturated heterocycles. The number of carbonyl (C=O) groups excluding carboxylic acids is 1. The zero-order chi connectivity index (χ0) is 20.6. The van der Waals surface area contributed by atoms with Crippen molar-refractivity contribution >= 4 is 11.9 Å². The summed E-state index contributed by atoms with van der Waals surface area (Å²) < 4.78 is 37.0. The zero-order valence-electron chi connectivity index (χ0n) is 15.8. The Morgan fingerprint density at radius 3 is 2.43 bits per heavy atom. The van der Waals surface area contributed by atoms with E-state index in [1.165, 1.54) is 38.9 Å². The Hall–Kier alpha value is -2.03. The molecule has 1 atom stereocenters. The molecular formula is C19H27F3N2O4. The molecule has 0 aromatic carbocycles. The van der Waals surface area contributed by atoms with Gasteiger partial charge in [0.1, 0.15) is 5.76 Å². The highest BCUT2D eigenvalue weighted by molar-refractivity contribution is 5.76. The van der Waals surface area contributed by atoms with Crippen LogP contribution in [-0.4, -0.2) is 65.7 Å². The van der Waals surface area contributed by atoms with E-state index in [2.05, 4.69) is 9.80 Å². The number of rotatable bonds is 5. The summed E-state index contributed by atoms with van der Waals surface area (Å²) in [7, 11) is 0. The van der Waals surface area contributed by atoms with Gasteiger partial charge in [0.15, 0.2) is 0 Å². The zero-order valence-corrected chi connectivity index (χ0v) is 15.8. The monoisotopic (exact) mass is 404 g/mol. The average molecular weight is 404 g/mol. The van der Waals surface area contributed by atoms with Crippen LogP contribution in [0, 0.1) is 5.92 Å². The first-order valence-corrected chi connectivity index (χ1v) is 9.58. The van der Waals surface area contributed by atoms with Gasteiger partial charge in [-0.05, 0) is 56.8 Å². The first-order valence-electron chi connectivity index (χ1n) is 9.58. The van der Waals surface area contributed by atoms with E-state index in [1.54, 1.807) is 6.26 Å². The first-order chi connectivity index (χ1) is 13.3. The molecule has 2 aliphatic rings. The molecule has 1 N–H and O–H groups in total. The van der Waals surface area contributed by atoms with E-state index in [9.17, 15) is 18.0 Å². The normalized spacial score (nSPS) is 20.5. The van der Waals surface area contributed by atoms with Gasteiger partial charge in [-0.25, -0.2) is 4.79 Å². The summed E-state index contributed by atoms with van der Waals surface area (Å²) in [6.07, 6.45) is 3.01. The largest absolute Gasteiger partial charge is 0.490 e. The molecule has 1 aromatic heterocycles. The van der Waals surface area contributed by atoms with E-state index >= 15 is 0 Å². The third-order valence-corrected chi connectivity index (χ3v) is 4.99. The summed E-state index contributed by atoms with van der Waals surface area (Å²) in [5.74, 6) is -0.886. The maximum absolute atomic E-state index is 12.3. The van der Waals surface area contributed by atoms with Crippen LogP contribution in [0.1, 0.15) is 37.9 Å². The Balaban J connectivity index is 0.000000345. The minimum Gasteiger partial charge on any atom is -0.475 e.